The molecule has 0 aromatic rings. The summed E-state index contributed by atoms with van der Waals surface area (Å²) in [5, 5.41) is 0. The van der Waals surface area contributed by atoms with Crippen molar-refractivity contribution in [3.8, 4) is 0 Å². The van der Waals surface area contributed by atoms with Gasteiger partial charge in [-0.15, -0.1) is 24.8 Å². The van der Waals surface area contributed by atoms with Crippen molar-refractivity contribution in [1.82, 2.24) is 9.80 Å². The lowest BCUT2D eigenvalue weighted by molar-refractivity contribution is -0.142. The zero-order valence-electron chi connectivity index (χ0n) is 10.6. The molecule has 1 unspecified atom stereocenters. The Balaban J connectivity index is 0.000000810. The molecule has 2 saturated heterocycles. The molecule has 1 amide bonds. The van der Waals surface area contributed by atoms with E-state index in [-0.39, 0.29) is 30.7 Å². The molecule has 3 aliphatic rings. The van der Waals surface area contributed by atoms with E-state index in [1.807, 2.05) is 4.90 Å². The number of amides is 1. The molecule has 3 rings (SSSR count). The van der Waals surface area contributed by atoms with Crippen LogP contribution < -0.4 is 5.73 Å². The highest BCUT2D eigenvalue weighted by atomic mass is 35.5. The standard InChI is InChI=1S/C12H21N3O.2ClH/c13-12(4-2-5-12)11(16)15-8-7-14-6-1-3-10(14)9-15;;/h10H,1-9,13H2;2*1H. The smallest absolute Gasteiger partial charge is 0.242 e. The number of rotatable bonds is 1. The minimum Gasteiger partial charge on any atom is -0.338 e. The van der Waals surface area contributed by atoms with Crippen LogP contribution in [0.15, 0.2) is 0 Å². The van der Waals surface area contributed by atoms with Crippen molar-refractivity contribution in [3.63, 3.8) is 0 Å². The molecule has 18 heavy (non-hydrogen) atoms. The Morgan fingerprint density at radius 1 is 1.11 bits per heavy atom. The number of halogens is 2. The number of nitrogens with zero attached hydrogens (tertiary/aromatic N) is 2. The summed E-state index contributed by atoms with van der Waals surface area (Å²) < 4.78 is 0. The van der Waals surface area contributed by atoms with Gasteiger partial charge in [-0.05, 0) is 38.6 Å². The molecular formula is C12H23Cl2N3O. The fourth-order valence-electron chi connectivity index (χ4n) is 3.26. The molecule has 2 heterocycles. The normalized spacial score (nSPS) is 29.6. The van der Waals surface area contributed by atoms with Crippen molar-refractivity contribution >= 4 is 30.7 Å². The van der Waals surface area contributed by atoms with E-state index in [4.69, 9.17) is 5.73 Å². The van der Waals surface area contributed by atoms with Crippen LogP contribution in [0.25, 0.3) is 0 Å². The predicted octanol–water partition coefficient (Wildman–Crippen LogP) is 1.02. The molecule has 0 spiro atoms. The molecule has 1 saturated carbocycles. The van der Waals surface area contributed by atoms with E-state index in [1.54, 1.807) is 0 Å². The number of piperazine rings is 1. The van der Waals surface area contributed by atoms with E-state index < -0.39 is 5.54 Å². The number of nitrogens with two attached hydrogens (primary N) is 1. The molecular weight excluding hydrogens is 273 g/mol. The summed E-state index contributed by atoms with van der Waals surface area (Å²) in [6.45, 7) is 4.07. The van der Waals surface area contributed by atoms with Crippen molar-refractivity contribution in [2.24, 2.45) is 5.73 Å². The largest absolute Gasteiger partial charge is 0.338 e. The summed E-state index contributed by atoms with van der Waals surface area (Å²) in [4.78, 5) is 16.8. The third kappa shape index (κ3) is 2.62. The predicted molar refractivity (Wildman–Crippen MR) is 76.4 cm³/mol. The van der Waals surface area contributed by atoms with Gasteiger partial charge in [-0.25, -0.2) is 0 Å². The van der Waals surface area contributed by atoms with Gasteiger partial charge in [0.1, 0.15) is 0 Å². The van der Waals surface area contributed by atoms with Gasteiger partial charge in [0.25, 0.3) is 0 Å². The molecule has 0 aromatic heterocycles. The first kappa shape index (κ1) is 16.0. The van der Waals surface area contributed by atoms with E-state index >= 15 is 0 Å². The van der Waals surface area contributed by atoms with Crippen LogP contribution >= 0.6 is 24.8 Å². The molecule has 2 N–H and O–H groups in total. The van der Waals surface area contributed by atoms with Gasteiger partial charge in [0, 0.05) is 25.7 Å². The molecule has 0 aromatic carbocycles. The van der Waals surface area contributed by atoms with E-state index in [0.29, 0.717) is 6.04 Å². The molecule has 4 nitrogen and oxygen atoms in total. The fraction of sp³-hybridized carbons (Fsp3) is 0.917. The lowest BCUT2D eigenvalue weighted by Gasteiger charge is -2.44. The van der Waals surface area contributed by atoms with Crippen LogP contribution in [0.1, 0.15) is 32.1 Å². The number of hydrogen-bond acceptors (Lipinski definition) is 3. The van der Waals surface area contributed by atoms with Crippen LogP contribution in [0.3, 0.4) is 0 Å². The highest BCUT2D eigenvalue weighted by Gasteiger charge is 2.44. The number of carbonyl (C=O) groups is 1. The van der Waals surface area contributed by atoms with Gasteiger partial charge in [-0.3, -0.25) is 9.69 Å². The van der Waals surface area contributed by atoms with Gasteiger partial charge in [-0.2, -0.15) is 0 Å². The average Bonchev–Trinajstić information content (AvgIpc) is 2.71. The minimum atomic E-state index is -0.499. The van der Waals surface area contributed by atoms with Crippen LogP contribution in [0.2, 0.25) is 0 Å². The number of hydrogen-bond donors (Lipinski definition) is 1. The Labute approximate surface area is 121 Å². The number of carbonyl (C=O) groups excluding carboxylic acids is 1. The van der Waals surface area contributed by atoms with Crippen LogP contribution in [0.4, 0.5) is 0 Å². The van der Waals surface area contributed by atoms with Gasteiger partial charge >= 0.3 is 0 Å². The van der Waals surface area contributed by atoms with Crippen molar-refractivity contribution in [2.45, 2.75) is 43.7 Å². The topological polar surface area (TPSA) is 49.6 Å². The van der Waals surface area contributed by atoms with Crippen LogP contribution in [0.5, 0.6) is 0 Å². The highest BCUT2D eigenvalue weighted by Crippen LogP contribution is 2.32. The second-order valence-corrected chi connectivity index (χ2v) is 5.59. The second kappa shape index (κ2) is 5.95. The molecule has 1 atom stereocenters. The molecule has 2 aliphatic heterocycles. The zero-order chi connectivity index (χ0) is 11.2. The zero-order valence-corrected chi connectivity index (χ0v) is 12.3. The highest BCUT2D eigenvalue weighted by molar-refractivity contribution is 5.87. The molecule has 6 heteroatoms. The first-order valence-electron chi connectivity index (χ1n) is 6.51. The van der Waals surface area contributed by atoms with E-state index in [1.165, 1.54) is 19.4 Å². The maximum atomic E-state index is 12.3. The Morgan fingerprint density at radius 2 is 1.83 bits per heavy atom. The monoisotopic (exact) mass is 295 g/mol. The summed E-state index contributed by atoms with van der Waals surface area (Å²) >= 11 is 0. The maximum Gasteiger partial charge on any atom is 0.242 e. The Bertz CT molecular complexity index is 310. The van der Waals surface area contributed by atoms with E-state index in [9.17, 15) is 4.79 Å². The van der Waals surface area contributed by atoms with E-state index in [2.05, 4.69) is 4.90 Å². The van der Waals surface area contributed by atoms with Crippen LogP contribution in [0, 0.1) is 0 Å². The van der Waals surface area contributed by atoms with Crippen LogP contribution in [-0.4, -0.2) is 53.5 Å². The molecule has 0 bridgehead atoms. The fourth-order valence-corrected chi connectivity index (χ4v) is 3.26. The van der Waals surface area contributed by atoms with Gasteiger partial charge in [-0.1, -0.05) is 0 Å². The quantitative estimate of drug-likeness (QED) is 0.786. The Morgan fingerprint density at radius 3 is 2.44 bits per heavy atom. The first-order valence-corrected chi connectivity index (χ1v) is 6.51. The number of fused-ring (bicyclic) bond motifs is 1. The second-order valence-electron chi connectivity index (χ2n) is 5.59. The molecule has 3 fully saturated rings. The SMILES string of the molecule is Cl.Cl.NC1(C(=O)N2CCN3CCCC3C2)CCC1. The summed E-state index contributed by atoms with van der Waals surface area (Å²) in [6, 6.07) is 0.612. The Hall–Kier alpha value is -0.0300. The van der Waals surface area contributed by atoms with Crippen molar-refractivity contribution in [3.05, 3.63) is 0 Å². The van der Waals surface area contributed by atoms with Gasteiger partial charge in [0.2, 0.25) is 5.91 Å². The first-order chi connectivity index (χ1) is 7.69. The third-order valence-corrected chi connectivity index (χ3v) is 4.55. The average molecular weight is 296 g/mol. The summed E-state index contributed by atoms with van der Waals surface area (Å²) in [7, 11) is 0. The summed E-state index contributed by atoms with van der Waals surface area (Å²) in [6.07, 6.45) is 5.43. The lowest BCUT2D eigenvalue weighted by Crippen LogP contribution is -2.63. The summed E-state index contributed by atoms with van der Waals surface area (Å²) in [5.74, 6) is 0.213. The van der Waals surface area contributed by atoms with Gasteiger partial charge in [0.15, 0.2) is 0 Å². The summed E-state index contributed by atoms with van der Waals surface area (Å²) in [5.41, 5.74) is 5.61. The molecule has 1 aliphatic carbocycles. The minimum absolute atomic E-state index is 0. The van der Waals surface area contributed by atoms with Gasteiger partial charge in [0.05, 0.1) is 5.54 Å². The van der Waals surface area contributed by atoms with Crippen molar-refractivity contribution < 1.29 is 4.79 Å². The lowest BCUT2D eigenvalue weighted by atomic mass is 9.76. The van der Waals surface area contributed by atoms with Crippen LogP contribution in [-0.2, 0) is 4.79 Å². The van der Waals surface area contributed by atoms with Crippen molar-refractivity contribution in [2.75, 3.05) is 26.2 Å². The third-order valence-electron chi connectivity index (χ3n) is 4.55. The van der Waals surface area contributed by atoms with Gasteiger partial charge < -0.3 is 10.6 Å². The Kier molecular flexibility index (Phi) is 5.30. The molecule has 106 valence electrons. The molecule has 0 radical (unpaired) electrons. The van der Waals surface area contributed by atoms with E-state index in [0.717, 1.165) is 38.9 Å². The van der Waals surface area contributed by atoms with Crippen molar-refractivity contribution in [1.29, 1.82) is 0 Å². The maximum absolute atomic E-state index is 12.3.